The van der Waals surface area contributed by atoms with Crippen LogP contribution in [0.5, 0.6) is 0 Å². The first kappa shape index (κ1) is 23.1. The molecule has 12 heteroatoms. The van der Waals surface area contributed by atoms with Crippen LogP contribution in [0, 0.1) is 0 Å². The van der Waals surface area contributed by atoms with Crippen LogP contribution in [-0.4, -0.2) is 39.8 Å². The molecule has 1 unspecified atom stereocenters. The molecule has 2 rings (SSSR count). The normalized spacial score (nSPS) is 13.6. The van der Waals surface area contributed by atoms with Gasteiger partial charge < -0.3 is 0 Å². The zero-order valence-electron chi connectivity index (χ0n) is 15.8. The summed E-state index contributed by atoms with van der Waals surface area (Å²) >= 11 is 3.30. The summed E-state index contributed by atoms with van der Waals surface area (Å²) in [6.07, 6.45) is 6.86. The summed E-state index contributed by atoms with van der Waals surface area (Å²) in [7, 11) is -3.84. The van der Waals surface area contributed by atoms with Crippen molar-refractivity contribution in [2.45, 2.75) is 33.1 Å². The Morgan fingerprint density at radius 3 is 1.64 bits per heavy atom. The van der Waals surface area contributed by atoms with Crippen LogP contribution in [0.15, 0.2) is 58.8 Å². The predicted molar refractivity (Wildman–Crippen MR) is 110 cm³/mol. The van der Waals surface area contributed by atoms with Gasteiger partial charge in [-0.25, -0.2) is 26.3 Å². The maximum atomic E-state index is 11.9. The summed E-state index contributed by atoms with van der Waals surface area (Å²) in [4.78, 5) is 2.03. The maximum absolute atomic E-state index is 11.9. The van der Waals surface area contributed by atoms with Gasteiger partial charge >= 0.3 is 0 Å². The van der Waals surface area contributed by atoms with Crippen molar-refractivity contribution in [1.82, 2.24) is 4.31 Å². The molecular formula is C16H24N4O4S4+2. The van der Waals surface area contributed by atoms with Gasteiger partial charge in [0.2, 0.25) is 0 Å². The average Bonchev–Trinajstić information content (AvgIpc) is 2.57. The fourth-order valence-corrected chi connectivity index (χ4v) is 5.69. The summed E-state index contributed by atoms with van der Waals surface area (Å²) in [6.45, 7) is 2.07. The number of nitrogens with two attached hydrogens (primary N) is 1. The average molecular weight is 465 g/mol. The summed E-state index contributed by atoms with van der Waals surface area (Å²) in [5.41, 5.74) is 0. The minimum absolute atomic E-state index is 0.0994. The highest BCUT2D eigenvalue weighted by Gasteiger charge is 2.19. The second-order valence-corrected chi connectivity index (χ2v) is 13.1. The van der Waals surface area contributed by atoms with Crippen molar-refractivity contribution >= 4 is 43.6 Å². The molecule has 28 heavy (non-hydrogen) atoms. The van der Waals surface area contributed by atoms with Crippen molar-refractivity contribution in [3.05, 3.63) is 49.1 Å². The number of pyridine rings is 2. The molecule has 0 spiro atoms. The lowest BCUT2D eigenvalue weighted by atomic mass is 10.5. The smallest absolute Gasteiger partial charge is 0.223 e. The summed E-state index contributed by atoms with van der Waals surface area (Å²) in [5.74, 6) is -0.354. The van der Waals surface area contributed by atoms with E-state index >= 15 is 0 Å². The molecule has 0 saturated carbocycles. The summed E-state index contributed by atoms with van der Waals surface area (Å²) in [5, 5.41) is 5.04. The Bertz CT molecular complexity index is 992. The van der Waals surface area contributed by atoms with Crippen LogP contribution in [-0.2, 0) is 31.8 Å². The van der Waals surface area contributed by atoms with E-state index in [0.29, 0.717) is 0 Å². The molecule has 8 nitrogen and oxygen atoms in total. The first-order valence-electron chi connectivity index (χ1n) is 8.17. The Kier molecular flexibility index (Phi) is 7.88. The lowest BCUT2D eigenvalue weighted by molar-refractivity contribution is -0.678. The van der Waals surface area contributed by atoms with Crippen LogP contribution < -0.4 is 14.3 Å². The van der Waals surface area contributed by atoms with Crippen molar-refractivity contribution in [1.29, 1.82) is 0 Å². The molecule has 2 aromatic rings. The molecule has 0 amide bonds. The number of nitrogens with zero attached hydrogens (tertiary/aromatic N) is 3. The molecule has 2 aromatic heterocycles. The number of sulfonamides is 2. The third-order valence-electron chi connectivity index (χ3n) is 3.52. The number of primary sulfonamides is 1. The zero-order valence-corrected chi connectivity index (χ0v) is 19.1. The van der Waals surface area contributed by atoms with Gasteiger partial charge in [-0.1, -0.05) is 0 Å². The van der Waals surface area contributed by atoms with E-state index in [4.69, 9.17) is 5.14 Å². The monoisotopic (exact) mass is 464 g/mol. The van der Waals surface area contributed by atoms with E-state index in [0.717, 1.165) is 9.79 Å². The highest BCUT2D eigenvalue weighted by molar-refractivity contribution is 8.17. The Balaban J connectivity index is 1.93. The minimum Gasteiger partial charge on any atom is -0.223 e. The SMILES string of the molecule is CC(Sc1cc[n+](CS(N)(=O)=O)cc1)Sc1cc[n+](CS(=O)(=O)N(C)C)cc1. The van der Waals surface area contributed by atoms with Gasteiger partial charge in [0.05, 0.1) is 4.58 Å². The molecule has 0 aliphatic rings. The van der Waals surface area contributed by atoms with Crippen molar-refractivity contribution in [3.63, 3.8) is 0 Å². The largest absolute Gasteiger partial charge is 0.274 e. The Hall–Kier alpha value is -1.18. The predicted octanol–water partition coefficient (Wildman–Crippen LogP) is 0.587. The molecule has 0 radical (unpaired) electrons. The lowest BCUT2D eigenvalue weighted by Crippen LogP contribution is -2.41. The summed E-state index contributed by atoms with van der Waals surface area (Å²) in [6, 6.07) is 7.46. The minimum atomic E-state index is -3.56. The van der Waals surface area contributed by atoms with Gasteiger partial charge in [0.25, 0.3) is 31.8 Å². The highest BCUT2D eigenvalue weighted by atomic mass is 32.2. The third-order valence-corrected chi connectivity index (χ3v) is 8.25. The zero-order chi connectivity index (χ0) is 20.9. The Morgan fingerprint density at radius 1 is 0.893 bits per heavy atom. The summed E-state index contributed by atoms with van der Waals surface area (Å²) < 4.78 is 50.6. The van der Waals surface area contributed by atoms with Crippen LogP contribution in [0.4, 0.5) is 0 Å². The van der Waals surface area contributed by atoms with Crippen LogP contribution in [0.3, 0.4) is 0 Å². The van der Waals surface area contributed by atoms with Gasteiger partial charge in [0.1, 0.15) is 0 Å². The van der Waals surface area contributed by atoms with E-state index in [2.05, 4.69) is 6.92 Å². The molecule has 0 aliphatic heterocycles. The van der Waals surface area contributed by atoms with Gasteiger partial charge in [0, 0.05) is 48.2 Å². The Morgan fingerprint density at radius 2 is 1.29 bits per heavy atom. The van der Waals surface area contributed by atoms with E-state index in [1.165, 1.54) is 23.0 Å². The first-order chi connectivity index (χ1) is 12.9. The number of rotatable bonds is 9. The van der Waals surface area contributed by atoms with Crippen LogP contribution in [0.1, 0.15) is 6.92 Å². The molecule has 154 valence electrons. The number of hydrogen-bond acceptors (Lipinski definition) is 6. The molecule has 0 fully saturated rings. The number of hydrogen-bond donors (Lipinski definition) is 1. The molecule has 0 saturated heterocycles. The number of thioether (sulfide) groups is 2. The molecule has 0 bridgehead atoms. The van der Waals surface area contributed by atoms with E-state index in [1.54, 1.807) is 52.9 Å². The fraction of sp³-hybridized carbons (Fsp3) is 0.375. The standard InChI is InChI=1S/C16H24N4O4S4/c1-14(25-15-4-8-19(9-5-15)12-27(17,21)22)26-16-6-10-20(11-7-16)13-28(23,24)18(2)3/h4-11,14H,12-13H2,1-3H3,(H2,17,21,22)/q+2. The third kappa shape index (κ3) is 7.68. The molecular weight excluding hydrogens is 440 g/mol. The van der Waals surface area contributed by atoms with Gasteiger partial charge in [-0.2, -0.15) is 9.13 Å². The van der Waals surface area contributed by atoms with Gasteiger partial charge in [0.15, 0.2) is 24.8 Å². The van der Waals surface area contributed by atoms with E-state index in [1.807, 2.05) is 24.3 Å². The van der Waals surface area contributed by atoms with Gasteiger partial charge in [-0.05, 0) is 6.92 Å². The van der Waals surface area contributed by atoms with E-state index in [9.17, 15) is 16.8 Å². The second kappa shape index (κ2) is 9.55. The van der Waals surface area contributed by atoms with Gasteiger partial charge in [-0.15, -0.1) is 23.5 Å². The molecule has 0 aliphatic carbocycles. The van der Waals surface area contributed by atoms with Gasteiger partial charge in [-0.3, -0.25) is 0 Å². The topological polar surface area (TPSA) is 105 Å². The van der Waals surface area contributed by atoms with Crippen molar-refractivity contribution in [2.75, 3.05) is 14.1 Å². The molecule has 0 aromatic carbocycles. The quantitative estimate of drug-likeness (QED) is 0.331. The second-order valence-electron chi connectivity index (χ2n) is 6.21. The highest BCUT2D eigenvalue weighted by Crippen LogP contribution is 2.34. The van der Waals surface area contributed by atoms with Crippen molar-refractivity contribution in [2.24, 2.45) is 5.14 Å². The number of aromatic nitrogens is 2. The van der Waals surface area contributed by atoms with Crippen LogP contribution in [0.2, 0.25) is 0 Å². The first-order valence-corrected chi connectivity index (χ1v) is 13.3. The van der Waals surface area contributed by atoms with E-state index in [-0.39, 0.29) is 16.3 Å². The molecule has 1 atom stereocenters. The van der Waals surface area contributed by atoms with Crippen molar-refractivity contribution in [3.8, 4) is 0 Å². The van der Waals surface area contributed by atoms with Crippen molar-refractivity contribution < 1.29 is 26.0 Å². The molecule has 2 N–H and O–H groups in total. The van der Waals surface area contributed by atoms with Crippen LogP contribution >= 0.6 is 23.5 Å². The Labute approximate surface area is 174 Å². The fourth-order valence-electron chi connectivity index (χ4n) is 2.14. The van der Waals surface area contributed by atoms with E-state index < -0.39 is 20.0 Å². The maximum Gasteiger partial charge on any atom is 0.274 e. The van der Waals surface area contributed by atoms with Crippen LogP contribution in [0.25, 0.3) is 0 Å². The lowest BCUT2D eigenvalue weighted by Gasteiger charge is -2.11. The molecule has 2 heterocycles.